The minimum atomic E-state index is -0.197. The molecule has 0 heterocycles. The van der Waals surface area contributed by atoms with E-state index >= 15 is 0 Å². The second-order valence-electron chi connectivity index (χ2n) is 4.91. The number of nitrogens with zero attached hydrogens (tertiary/aromatic N) is 1. The van der Waals surface area contributed by atoms with Gasteiger partial charge in [0, 0.05) is 18.8 Å². The highest BCUT2D eigenvalue weighted by Gasteiger charge is 1.97. The van der Waals surface area contributed by atoms with Gasteiger partial charge in [-0.05, 0) is 49.5 Å². The molecule has 0 saturated heterocycles. The zero-order chi connectivity index (χ0) is 13.7. The smallest absolute Gasteiger partial charge is 0.123 e. The van der Waals surface area contributed by atoms with E-state index in [-0.39, 0.29) is 5.82 Å². The Kier molecular flexibility index (Phi) is 4.53. The van der Waals surface area contributed by atoms with Crippen molar-refractivity contribution in [3.8, 4) is 0 Å². The first kappa shape index (κ1) is 13.6. The van der Waals surface area contributed by atoms with Crippen molar-refractivity contribution in [2.45, 2.75) is 13.1 Å². The molecule has 100 valence electrons. The van der Waals surface area contributed by atoms with E-state index in [1.165, 1.54) is 17.7 Å². The van der Waals surface area contributed by atoms with Crippen LogP contribution in [0.4, 0.5) is 10.1 Å². The van der Waals surface area contributed by atoms with Crippen molar-refractivity contribution >= 4 is 5.69 Å². The number of nitrogens with one attached hydrogen (secondary N) is 1. The molecule has 0 radical (unpaired) electrons. The molecule has 0 unspecified atom stereocenters. The molecule has 1 N–H and O–H groups in total. The number of hydrogen-bond donors (Lipinski definition) is 1. The molecule has 0 bridgehead atoms. The van der Waals surface area contributed by atoms with Crippen LogP contribution < -0.4 is 5.32 Å². The topological polar surface area (TPSA) is 15.3 Å². The second kappa shape index (κ2) is 6.34. The fourth-order valence-electron chi connectivity index (χ4n) is 1.90. The first-order valence-corrected chi connectivity index (χ1v) is 6.35. The van der Waals surface area contributed by atoms with Crippen LogP contribution >= 0.6 is 0 Å². The molecule has 19 heavy (non-hydrogen) atoms. The van der Waals surface area contributed by atoms with E-state index in [4.69, 9.17) is 0 Å². The standard InChI is InChI=1S/C16H19FN2/c1-19(2)12-14-5-9-16(10-6-14)18-11-13-3-7-15(17)8-4-13/h3-10,18H,11-12H2,1-2H3. The SMILES string of the molecule is CN(C)Cc1ccc(NCc2ccc(F)cc2)cc1. The van der Waals surface area contributed by atoms with Crippen LogP contribution in [0.5, 0.6) is 0 Å². The normalized spacial score (nSPS) is 10.7. The molecule has 0 fully saturated rings. The third kappa shape index (κ3) is 4.38. The maximum absolute atomic E-state index is 12.8. The molecule has 0 spiro atoms. The second-order valence-corrected chi connectivity index (χ2v) is 4.91. The zero-order valence-corrected chi connectivity index (χ0v) is 11.4. The van der Waals surface area contributed by atoms with E-state index < -0.39 is 0 Å². The monoisotopic (exact) mass is 258 g/mol. The van der Waals surface area contributed by atoms with Gasteiger partial charge in [0.1, 0.15) is 5.82 Å². The Morgan fingerprint density at radius 3 is 2.05 bits per heavy atom. The maximum atomic E-state index is 12.8. The van der Waals surface area contributed by atoms with Crippen LogP contribution in [0.1, 0.15) is 11.1 Å². The van der Waals surface area contributed by atoms with Crippen LogP contribution in [0, 0.1) is 5.82 Å². The summed E-state index contributed by atoms with van der Waals surface area (Å²) >= 11 is 0. The summed E-state index contributed by atoms with van der Waals surface area (Å²) in [6.07, 6.45) is 0. The van der Waals surface area contributed by atoms with Gasteiger partial charge in [-0.15, -0.1) is 0 Å². The summed E-state index contributed by atoms with van der Waals surface area (Å²) in [5.74, 6) is -0.197. The van der Waals surface area contributed by atoms with Gasteiger partial charge < -0.3 is 10.2 Å². The summed E-state index contributed by atoms with van der Waals surface area (Å²) in [7, 11) is 4.11. The number of rotatable bonds is 5. The highest BCUT2D eigenvalue weighted by atomic mass is 19.1. The van der Waals surface area contributed by atoms with E-state index in [9.17, 15) is 4.39 Å². The summed E-state index contributed by atoms with van der Waals surface area (Å²) in [5, 5.41) is 3.32. The predicted octanol–water partition coefficient (Wildman–Crippen LogP) is 3.50. The molecule has 0 amide bonds. The van der Waals surface area contributed by atoms with Gasteiger partial charge in [-0.25, -0.2) is 4.39 Å². The van der Waals surface area contributed by atoms with Gasteiger partial charge in [-0.1, -0.05) is 24.3 Å². The largest absolute Gasteiger partial charge is 0.381 e. The van der Waals surface area contributed by atoms with Gasteiger partial charge in [0.15, 0.2) is 0 Å². The van der Waals surface area contributed by atoms with Crippen molar-refractivity contribution < 1.29 is 4.39 Å². The molecule has 2 rings (SSSR count). The lowest BCUT2D eigenvalue weighted by molar-refractivity contribution is 0.402. The Hall–Kier alpha value is -1.87. The van der Waals surface area contributed by atoms with Gasteiger partial charge >= 0.3 is 0 Å². The van der Waals surface area contributed by atoms with Gasteiger partial charge in [-0.2, -0.15) is 0 Å². The number of anilines is 1. The third-order valence-corrected chi connectivity index (χ3v) is 2.86. The average molecular weight is 258 g/mol. The summed E-state index contributed by atoms with van der Waals surface area (Å²) in [5.41, 5.74) is 3.43. The van der Waals surface area contributed by atoms with Gasteiger partial charge in [0.2, 0.25) is 0 Å². The molecule has 0 aliphatic heterocycles. The Labute approximate surface area is 113 Å². The lowest BCUT2D eigenvalue weighted by atomic mass is 10.2. The van der Waals surface area contributed by atoms with Crippen molar-refractivity contribution in [3.05, 3.63) is 65.5 Å². The van der Waals surface area contributed by atoms with Crippen LogP contribution in [-0.4, -0.2) is 19.0 Å². The average Bonchev–Trinajstić information content (AvgIpc) is 2.39. The summed E-state index contributed by atoms with van der Waals surface area (Å²) in [6, 6.07) is 14.9. The van der Waals surface area contributed by atoms with Crippen LogP contribution in [-0.2, 0) is 13.1 Å². The molecule has 0 aromatic heterocycles. The van der Waals surface area contributed by atoms with Crippen molar-refractivity contribution in [1.29, 1.82) is 0 Å². The predicted molar refractivity (Wildman–Crippen MR) is 77.6 cm³/mol. The summed E-state index contributed by atoms with van der Waals surface area (Å²) < 4.78 is 12.8. The van der Waals surface area contributed by atoms with Crippen molar-refractivity contribution in [1.82, 2.24) is 4.90 Å². The fraction of sp³-hybridized carbons (Fsp3) is 0.250. The highest BCUT2D eigenvalue weighted by Crippen LogP contribution is 2.12. The first-order valence-electron chi connectivity index (χ1n) is 6.35. The molecule has 0 aliphatic carbocycles. The van der Waals surface area contributed by atoms with Crippen LogP contribution in [0.25, 0.3) is 0 Å². The quantitative estimate of drug-likeness (QED) is 0.883. The molecule has 2 aromatic rings. The number of hydrogen-bond acceptors (Lipinski definition) is 2. The third-order valence-electron chi connectivity index (χ3n) is 2.86. The van der Waals surface area contributed by atoms with E-state index in [1.54, 1.807) is 12.1 Å². The minimum absolute atomic E-state index is 0.197. The molecule has 0 atom stereocenters. The Bertz CT molecular complexity index is 503. The van der Waals surface area contributed by atoms with Crippen molar-refractivity contribution in [2.24, 2.45) is 0 Å². The minimum Gasteiger partial charge on any atom is -0.381 e. The molecule has 0 saturated carbocycles. The molecular weight excluding hydrogens is 239 g/mol. The van der Waals surface area contributed by atoms with Crippen molar-refractivity contribution in [2.75, 3.05) is 19.4 Å². The Morgan fingerprint density at radius 1 is 0.895 bits per heavy atom. The van der Waals surface area contributed by atoms with Gasteiger partial charge in [-0.3, -0.25) is 0 Å². The van der Waals surface area contributed by atoms with E-state index in [0.29, 0.717) is 6.54 Å². The fourth-order valence-corrected chi connectivity index (χ4v) is 1.90. The zero-order valence-electron chi connectivity index (χ0n) is 11.4. The number of halogens is 1. The first-order chi connectivity index (χ1) is 9.13. The van der Waals surface area contributed by atoms with E-state index in [0.717, 1.165) is 17.8 Å². The summed E-state index contributed by atoms with van der Waals surface area (Å²) in [4.78, 5) is 2.14. The lowest BCUT2D eigenvalue weighted by Gasteiger charge is -2.11. The molecule has 3 heteroatoms. The van der Waals surface area contributed by atoms with Gasteiger partial charge in [0.05, 0.1) is 0 Å². The molecule has 0 aliphatic rings. The molecule has 2 aromatic carbocycles. The van der Waals surface area contributed by atoms with Crippen LogP contribution in [0.2, 0.25) is 0 Å². The maximum Gasteiger partial charge on any atom is 0.123 e. The lowest BCUT2D eigenvalue weighted by Crippen LogP contribution is -2.10. The molecule has 2 nitrogen and oxygen atoms in total. The van der Waals surface area contributed by atoms with Crippen LogP contribution in [0.3, 0.4) is 0 Å². The Morgan fingerprint density at radius 2 is 1.47 bits per heavy atom. The van der Waals surface area contributed by atoms with Crippen LogP contribution in [0.15, 0.2) is 48.5 Å². The summed E-state index contributed by atoms with van der Waals surface area (Å²) in [6.45, 7) is 1.64. The van der Waals surface area contributed by atoms with Crippen molar-refractivity contribution in [3.63, 3.8) is 0 Å². The number of benzene rings is 2. The van der Waals surface area contributed by atoms with E-state index in [2.05, 4.69) is 48.6 Å². The Balaban J connectivity index is 1.91. The van der Waals surface area contributed by atoms with E-state index in [1.807, 2.05) is 0 Å². The van der Waals surface area contributed by atoms with Gasteiger partial charge in [0.25, 0.3) is 0 Å². The highest BCUT2D eigenvalue weighted by molar-refractivity contribution is 5.45. The molecular formula is C16H19FN2.